The normalized spacial score (nSPS) is 21.3. The van der Waals surface area contributed by atoms with Crippen LogP contribution in [0.25, 0.3) is 0 Å². The van der Waals surface area contributed by atoms with Crippen LogP contribution >= 0.6 is 24.8 Å². The molecule has 4 nitrogen and oxygen atoms in total. The second-order valence-corrected chi connectivity index (χ2v) is 7.72. The van der Waals surface area contributed by atoms with Crippen LogP contribution in [0.2, 0.25) is 0 Å². The maximum Gasteiger partial charge on any atom is 0.240 e. The number of halogens is 2. The van der Waals surface area contributed by atoms with Crippen LogP contribution in [0.15, 0.2) is 30.3 Å². The third-order valence-corrected chi connectivity index (χ3v) is 5.85. The van der Waals surface area contributed by atoms with Gasteiger partial charge in [-0.25, -0.2) is 0 Å². The Balaban J connectivity index is 0.00000169. The van der Waals surface area contributed by atoms with Crippen molar-refractivity contribution in [3.8, 4) is 0 Å². The quantitative estimate of drug-likeness (QED) is 0.790. The van der Waals surface area contributed by atoms with E-state index in [1.165, 1.54) is 18.4 Å². The van der Waals surface area contributed by atoms with E-state index in [2.05, 4.69) is 41.4 Å². The molecule has 3 N–H and O–H groups in total. The molecule has 1 aromatic rings. The molecule has 2 aliphatic rings. The van der Waals surface area contributed by atoms with E-state index in [1.54, 1.807) is 0 Å². The lowest BCUT2D eigenvalue weighted by Crippen LogP contribution is -2.53. The summed E-state index contributed by atoms with van der Waals surface area (Å²) >= 11 is 0. The van der Waals surface area contributed by atoms with E-state index >= 15 is 0 Å². The number of likely N-dealkylation sites (tertiary alicyclic amines) is 1. The Morgan fingerprint density at radius 2 is 1.77 bits per heavy atom. The number of nitrogens with one attached hydrogen (secondary N) is 1. The molecule has 0 aromatic heterocycles. The van der Waals surface area contributed by atoms with Gasteiger partial charge in [0, 0.05) is 6.54 Å². The molecule has 3 rings (SSSR count). The molecule has 1 aromatic carbocycles. The zero-order chi connectivity index (χ0) is 17.0. The molecule has 26 heavy (non-hydrogen) atoms. The topological polar surface area (TPSA) is 58.4 Å². The van der Waals surface area contributed by atoms with Gasteiger partial charge in [0.1, 0.15) is 0 Å². The summed E-state index contributed by atoms with van der Waals surface area (Å²) in [5.74, 6) is 0.837. The molecule has 1 aliphatic carbocycles. The largest absolute Gasteiger partial charge is 0.353 e. The Hall–Kier alpha value is -0.810. The summed E-state index contributed by atoms with van der Waals surface area (Å²) < 4.78 is 0. The van der Waals surface area contributed by atoms with Gasteiger partial charge in [-0.15, -0.1) is 24.8 Å². The number of hydrogen-bond acceptors (Lipinski definition) is 3. The van der Waals surface area contributed by atoms with Crippen molar-refractivity contribution >= 4 is 30.7 Å². The number of nitrogens with two attached hydrogens (primary N) is 1. The third-order valence-electron chi connectivity index (χ3n) is 5.85. The third kappa shape index (κ3) is 5.59. The number of hydrogen-bond donors (Lipinski definition) is 2. The molecule has 1 unspecified atom stereocenters. The van der Waals surface area contributed by atoms with Crippen molar-refractivity contribution in [2.45, 2.75) is 57.0 Å². The van der Waals surface area contributed by atoms with E-state index in [9.17, 15) is 4.79 Å². The van der Waals surface area contributed by atoms with E-state index in [1.807, 2.05) is 6.07 Å². The van der Waals surface area contributed by atoms with E-state index in [0.717, 1.165) is 44.7 Å². The molecule has 1 aliphatic heterocycles. The molecule has 1 saturated heterocycles. The predicted molar refractivity (Wildman–Crippen MR) is 112 cm³/mol. The highest BCUT2D eigenvalue weighted by atomic mass is 35.5. The Kier molecular flexibility index (Phi) is 9.39. The number of nitrogens with zero attached hydrogens (tertiary/aromatic N) is 1. The molecular formula is C20H33Cl2N3O. The smallest absolute Gasteiger partial charge is 0.240 e. The lowest BCUT2D eigenvalue weighted by molar-refractivity contribution is -0.126. The first-order valence-electron chi connectivity index (χ1n) is 9.45. The van der Waals surface area contributed by atoms with Crippen LogP contribution in [0, 0.1) is 5.92 Å². The Morgan fingerprint density at radius 1 is 1.19 bits per heavy atom. The van der Waals surface area contributed by atoms with Gasteiger partial charge in [0.05, 0.1) is 11.6 Å². The van der Waals surface area contributed by atoms with Crippen LogP contribution in [0.5, 0.6) is 0 Å². The van der Waals surface area contributed by atoms with Crippen LogP contribution in [-0.2, 0) is 4.79 Å². The molecule has 1 atom stereocenters. The average Bonchev–Trinajstić information content (AvgIpc) is 3.05. The van der Waals surface area contributed by atoms with Crippen molar-refractivity contribution < 1.29 is 4.79 Å². The molecule has 1 amide bonds. The maximum absolute atomic E-state index is 12.6. The van der Waals surface area contributed by atoms with Gasteiger partial charge in [-0.1, -0.05) is 50.1 Å². The van der Waals surface area contributed by atoms with Gasteiger partial charge in [-0.3, -0.25) is 9.69 Å². The highest BCUT2D eigenvalue weighted by Gasteiger charge is 2.37. The standard InChI is InChI=1S/C20H31N3O.2ClH/c1-16-9-13-23(14-10-16)18(17-7-3-2-4-8-17)15-22-19(24)20(21)11-5-6-12-20;;/h2-4,7-8,16,18H,5-6,9-15,21H2,1H3,(H,22,24);2*1H. The number of carbonyl (C=O) groups excluding carboxylic acids is 1. The molecule has 1 heterocycles. The summed E-state index contributed by atoms with van der Waals surface area (Å²) in [4.78, 5) is 15.1. The lowest BCUT2D eigenvalue weighted by atomic mass is 9.95. The van der Waals surface area contributed by atoms with Gasteiger partial charge in [-0.2, -0.15) is 0 Å². The van der Waals surface area contributed by atoms with Gasteiger partial charge in [-0.05, 0) is 50.3 Å². The van der Waals surface area contributed by atoms with E-state index in [4.69, 9.17) is 5.73 Å². The monoisotopic (exact) mass is 401 g/mol. The molecule has 1 saturated carbocycles. The van der Waals surface area contributed by atoms with Gasteiger partial charge in [0.25, 0.3) is 0 Å². The number of amides is 1. The summed E-state index contributed by atoms with van der Waals surface area (Å²) in [6, 6.07) is 10.8. The highest BCUT2D eigenvalue weighted by Crippen LogP contribution is 2.29. The van der Waals surface area contributed by atoms with Crippen molar-refractivity contribution in [3.05, 3.63) is 35.9 Å². The first kappa shape index (κ1) is 23.2. The van der Waals surface area contributed by atoms with Gasteiger partial charge in [0.2, 0.25) is 5.91 Å². The number of rotatable bonds is 5. The fraction of sp³-hybridized carbons (Fsp3) is 0.650. The molecule has 2 fully saturated rings. The van der Waals surface area contributed by atoms with Crippen molar-refractivity contribution in [3.63, 3.8) is 0 Å². The van der Waals surface area contributed by atoms with Gasteiger partial charge >= 0.3 is 0 Å². The Labute approximate surface area is 170 Å². The summed E-state index contributed by atoms with van der Waals surface area (Å²) in [6.45, 7) is 5.18. The van der Waals surface area contributed by atoms with Gasteiger partial charge in [0.15, 0.2) is 0 Å². The number of piperidine rings is 1. The fourth-order valence-electron chi connectivity index (χ4n) is 4.07. The minimum absolute atomic E-state index is 0. The van der Waals surface area contributed by atoms with Crippen molar-refractivity contribution in [2.24, 2.45) is 11.7 Å². The fourth-order valence-corrected chi connectivity index (χ4v) is 4.07. The highest BCUT2D eigenvalue weighted by molar-refractivity contribution is 5.86. The van der Waals surface area contributed by atoms with E-state index in [-0.39, 0.29) is 36.8 Å². The Morgan fingerprint density at radius 3 is 2.35 bits per heavy atom. The van der Waals surface area contributed by atoms with Crippen LogP contribution < -0.4 is 11.1 Å². The molecule has 0 radical (unpaired) electrons. The maximum atomic E-state index is 12.6. The predicted octanol–water partition coefficient (Wildman–Crippen LogP) is 3.69. The first-order chi connectivity index (χ1) is 11.6. The van der Waals surface area contributed by atoms with Crippen molar-refractivity contribution in [1.82, 2.24) is 10.2 Å². The van der Waals surface area contributed by atoms with Crippen molar-refractivity contribution in [2.75, 3.05) is 19.6 Å². The summed E-state index contributed by atoms with van der Waals surface area (Å²) in [7, 11) is 0. The molecule has 0 spiro atoms. The Bertz CT molecular complexity index is 541. The summed E-state index contributed by atoms with van der Waals surface area (Å²) in [5.41, 5.74) is 6.94. The van der Waals surface area contributed by atoms with Crippen molar-refractivity contribution in [1.29, 1.82) is 0 Å². The van der Waals surface area contributed by atoms with Crippen LogP contribution in [0.1, 0.15) is 57.1 Å². The van der Waals surface area contributed by atoms with E-state index in [0.29, 0.717) is 6.54 Å². The second kappa shape index (κ2) is 10.5. The SMILES string of the molecule is CC1CCN(C(CNC(=O)C2(N)CCCC2)c2ccccc2)CC1.Cl.Cl. The minimum atomic E-state index is -0.641. The molecule has 0 bridgehead atoms. The number of carbonyl (C=O) groups is 1. The molecular weight excluding hydrogens is 369 g/mol. The molecule has 148 valence electrons. The second-order valence-electron chi connectivity index (χ2n) is 7.72. The van der Waals surface area contributed by atoms with Crippen LogP contribution in [-0.4, -0.2) is 36.0 Å². The lowest BCUT2D eigenvalue weighted by Gasteiger charge is -2.37. The minimum Gasteiger partial charge on any atom is -0.353 e. The van der Waals surface area contributed by atoms with Crippen LogP contribution in [0.4, 0.5) is 0 Å². The number of benzene rings is 1. The van der Waals surface area contributed by atoms with E-state index < -0.39 is 5.54 Å². The summed E-state index contributed by atoms with van der Waals surface area (Å²) in [6.07, 6.45) is 6.23. The summed E-state index contributed by atoms with van der Waals surface area (Å²) in [5, 5.41) is 3.17. The zero-order valence-electron chi connectivity index (χ0n) is 15.7. The van der Waals surface area contributed by atoms with Gasteiger partial charge < -0.3 is 11.1 Å². The first-order valence-corrected chi connectivity index (χ1v) is 9.45. The zero-order valence-corrected chi connectivity index (χ0v) is 17.3. The molecule has 6 heteroatoms. The van der Waals surface area contributed by atoms with Crippen LogP contribution in [0.3, 0.4) is 0 Å². The average molecular weight is 402 g/mol.